The Balaban J connectivity index is 1.73. The molecule has 0 amide bonds. The minimum absolute atomic E-state index is 0.208. The number of rotatable bonds is 4. The van der Waals surface area contributed by atoms with Gasteiger partial charge in [0.05, 0.1) is 4.90 Å². The Morgan fingerprint density at radius 1 is 1.23 bits per heavy atom. The zero-order chi connectivity index (χ0) is 15.6. The Kier molecular flexibility index (Phi) is 4.27. The van der Waals surface area contributed by atoms with Gasteiger partial charge in [0.15, 0.2) is 0 Å². The summed E-state index contributed by atoms with van der Waals surface area (Å²) in [6.45, 7) is 1.80. The first-order valence-electron chi connectivity index (χ1n) is 6.95. The first kappa shape index (κ1) is 15.2. The number of benzene rings is 1. The lowest BCUT2D eigenvalue weighted by molar-refractivity contribution is 0.501. The SMILES string of the molecule is NC1CCN(c2ccc(S(=O)(=O)Nc3ncns3)cc2)CC1. The van der Waals surface area contributed by atoms with Crippen molar-refractivity contribution in [2.75, 3.05) is 22.7 Å². The van der Waals surface area contributed by atoms with Gasteiger partial charge in [-0.3, -0.25) is 4.72 Å². The molecule has 1 aromatic carbocycles. The van der Waals surface area contributed by atoms with E-state index >= 15 is 0 Å². The van der Waals surface area contributed by atoms with E-state index in [1.54, 1.807) is 12.1 Å². The third-order valence-electron chi connectivity index (χ3n) is 3.63. The van der Waals surface area contributed by atoms with Crippen molar-refractivity contribution in [1.82, 2.24) is 9.36 Å². The summed E-state index contributed by atoms with van der Waals surface area (Å²) in [5.41, 5.74) is 6.91. The lowest BCUT2D eigenvalue weighted by Crippen LogP contribution is -2.39. The molecule has 0 aliphatic carbocycles. The summed E-state index contributed by atoms with van der Waals surface area (Å²) in [6.07, 6.45) is 3.23. The Hall–Kier alpha value is -1.71. The van der Waals surface area contributed by atoms with Crippen LogP contribution < -0.4 is 15.4 Å². The van der Waals surface area contributed by atoms with Crippen molar-refractivity contribution < 1.29 is 8.42 Å². The molecule has 1 saturated heterocycles. The van der Waals surface area contributed by atoms with E-state index in [0.717, 1.165) is 43.2 Å². The number of piperidine rings is 1. The van der Waals surface area contributed by atoms with E-state index in [1.165, 1.54) is 6.33 Å². The predicted molar refractivity (Wildman–Crippen MR) is 86.6 cm³/mol. The molecule has 0 bridgehead atoms. The average molecular weight is 339 g/mol. The number of hydrogen-bond acceptors (Lipinski definition) is 7. The molecule has 0 saturated carbocycles. The van der Waals surface area contributed by atoms with Crippen LogP contribution in [0.2, 0.25) is 0 Å². The van der Waals surface area contributed by atoms with Crippen LogP contribution in [-0.2, 0) is 10.0 Å². The Morgan fingerprint density at radius 2 is 1.91 bits per heavy atom. The summed E-state index contributed by atoms with van der Waals surface area (Å²) in [6, 6.07) is 7.13. The van der Waals surface area contributed by atoms with Gasteiger partial charge in [-0.25, -0.2) is 13.4 Å². The van der Waals surface area contributed by atoms with Crippen molar-refractivity contribution in [3.05, 3.63) is 30.6 Å². The highest BCUT2D eigenvalue weighted by Crippen LogP contribution is 2.23. The summed E-state index contributed by atoms with van der Waals surface area (Å²) >= 11 is 0.999. The Bertz CT molecular complexity index is 707. The van der Waals surface area contributed by atoms with E-state index in [9.17, 15) is 8.42 Å². The molecule has 1 aliphatic heterocycles. The van der Waals surface area contributed by atoms with Crippen LogP contribution in [0.1, 0.15) is 12.8 Å². The van der Waals surface area contributed by atoms with Crippen LogP contribution in [0.3, 0.4) is 0 Å². The summed E-state index contributed by atoms with van der Waals surface area (Å²) in [4.78, 5) is 6.25. The zero-order valence-corrected chi connectivity index (χ0v) is 13.5. The molecule has 3 N–H and O–H groups in total. The van der Waals surface area contributed by atoms with E-state index in [4.69, 9.17) is 5.73 Å². The molecule has 0 atom stereocenters. The second-order valence-electron chi connectivity index (χ2n) is 5.17. The molecule has 3 rings (SSSR count). The highest BCUT2D eigenvalue weighted by atomic mass is 32.2. The second kappa shape index (κ2) is 6.19. The van der Waals surface area contributed by atoms with Crippen LogP contribution in [-0.4, -0.2) is 36.9 Å². The van der Waals surface area contributed by atoms with Crippen molar-refractivity contribution in [1.29, 1.82) is 0 Å². The molecule has 0 radical (unpaired) electrons. The molecular formula is C13H17N5O2S2. The molecule has 0 spiro atoms. The lowest BCUT2D eigenvalue weighted by atomic mass is 10.1. The van der Waals surface area contributed by atoms with Gasteiger partial charge in [0.2, 0.25) is 5.13 Å². The molecule has 0 unspecified atom stereocenters. The summed E-state index contributed by atoms with van der Waals surface area (Å²) in [5.74, 6) is 0. The monoisotopic (exact) mass is 339 g/mol. The molecule has 7 nitrogen and oxygen atoms in total. The van der Waals surface area contributed by atoms with Gasteiger partial charge < -0.3 is 10.6 Å². The summed E-state index contributed by atoms with van der Waals surface area (Å²) in [7, 11) is -3.62. The van der Waals surface area contributed by atoms with Crippen molar-refractivity contribution >= 4 is 32.4 Å². The van der Waals surface area contributed by atoms with Crippen molar-refractivity contribution in [3.8, 4) is 0 Å². The smallest absolute Gasteiger partial charge is 0.263 e. The van der Waals surface area contributed by atoms with Crippen molar-refractivity contribution in [2.24, 2.45) is 5.73 Å². The van der Waals surface area contributed by atoms with E-state index in [-0.39, 0.29) is 16.1 Å². The van der Waals surface area contributed by atoms with Gasteiger partial charge in [-0.1, -0.05) is 0 Å². The van der Waals surface area contributed by atoms with Crippen LogP contribution in [0.25, 0.3) is 0 Å². The van der Waals surface area contributed by atoms with Gasteiger partial charge in [-0.05, 0) is 37.1 Å². The normalized spacial score (nSPS) is 16.7. The number of sulfonamides is 1. The van der Waals surface area contributed by atoms with Crippen LogP contribution in [0.4, 0.5) is 10.8 Å². The third kappa shape index (κ3) is 3.37. The third-order valence-corrected chi connectivity index (χ3v) is 5.70. The van der Waals surface area contributed by atoms with Crippen LogP contribution in [0.15, 0.2) is 35.5 Å². The number of nitrogens with one attached hydrogen (secondary N) is 1. The van der Waals surface area contributed by atoms with Gasteiger partial charge in [-0.15, -0.1) is 0 Å². The predicted octanol–water partition coefficient (Wildman–Crippen LogP) is 1.27. The Morgan fingerprint density at radius 3 is 2.50 bits per heavy atom. The maximum Gasteiger partial charge on any atom is 0.263 e. The molecule has 1 aromatic heterocycles. The number of aromatic nitrogens is 2. The molecule has 22 heavy (non-hydrogen) atoms. The van der Waals surface area contributed by atoms with Crippen molar-refractivity contribution in [2.45, 2.75) is 23.8 Å². The minimum atomic E-state index is -3.62. The minimum Gasteiger partial charge on any atom is -0.371 e. The first-order valence-corrected chi connectivity index (χ1v) is 9.20. The fourth-order valence-electron chi connectivity index (χ4n) is 2.39. The summed E-state index contributed by atoms with van der Waals surface area (Å²) in [5, 5.41) is 0.258. The molecular weight excluding hydrogens is 322 g/mol. The fraction of sp³-hybridized carbons (Fsp3) is 0.385. The van der Waals surface area contributed by atoms with Gasteiger partial charge in [0.25, 0.3) is 10.0 Å². The maximum absolute atomic E-state index is 12.2. The van der Waals surface area contributed by atoms with Gasteiger partial charge in [0.1, 0.15) is 6.33 Å². The van der Waals surface area contributed by atoms with E-state index in [2.05, 4.69) is 19.0 Å². The molecule has 1 fully saturated rings. The zero-order valence-electron chi connectivity index (χ0n) is 11.8. The van der Waals surface area contributed by atoms with Crippen LogP contribution >= 0.6 is 11.5 Å². The molecule has 2 aromatic rings. The fourth-order valence-corrected chi connectivity index (χ4v) is 4.05. The first-order chi connectivity index (χ1) is 10.5. The lowest BCUT2D eigenvalue weighted by Gasteiger charge is -2.32. The van der Waals surface area contributed by atoms with Gasteiger partial charge in [-0.2, -0.15) is 4.37 Å². The van der Waals surface area contributed by atoms with E-state index < -0.39 is 10.0 Å². The Labute approximate surface area is 133 Å². The standard InChI is InChI=1S/C13H17N5O2S2/c14-10-5-7-18(8-6-10)11-1-3-12(4-2-11)22(19,20)17-13-15-9-16-21-13/h1-4,9-10H,5-8,14H2,(H,15,16,17). The topological polar surface area (TPSA) is 101 Å². The quantitative estimate of drug-likeness (QED) is 0.870. The number of nitrogens with two attached hydrogens (primary N) is 1. The molecule has 9 heteroatoms. The highest BCUT2D eigenvalue weighted by Gasteiger charge is 2.19. The highest BCUT2D eigenvalue weighted by molar-refractivity contribution is 7.93. The number of anilines is 2. The van der Waals surface area contributed by atoms with Crippen molar-refractivity contribution in [3.63, 3.8) is 0 Å². The number of nitrogens with zero attached hydrogens (tertiary/aromatic N) is 3. The number of hydrogen-bond donors (Lipinski definition) is 2. The maximum atomic E-state index is 12.2. The average Bonchev–Trinajstić information content (AvgIpc) is 3.00. The van der Waals surface area contributed by atoms with Gasteiger partial charge in [0, 0.05) is 36.4 Å². The largest absolute Gasteiger partial charge is 0.371 e. The van der Waals surface area contributed by atoms with Gasteiger partial charge >= 0.3 is 0 Å². The summed E-state index contributed by atoms with van der Waals surface area (Å²) < 4.78 is 30.6. The molecule has 118 valence electrons. The molecule has 2 heterocycles. The van der Waals surface area contributed by atoms with E-state index in [0.29, 0.717) is 0 Å². The van der Waals surface area contributed by atoms with Crippen LogP contribution in [0.5, 0.6) is 0 Å². The van der Waals surface area contributed by atoms with Crippen LogP contribution in [0, 0.1) is 0 Å². The van der Waals surface area contributed by atoms with E-state index in [1.807, 2.05) is 12.1 Å². The molecule has 1 aliphatic rings. The second-order valence-corrected chi connectivity index (χ2v) is 7.63.